The van der Waals surface area contributed by atoms with Crippen LogP contribution in [0.5, 0.6) is 23.1 Å². The lowest BCUT2D eigenvalue weighted by atomic mass is 9.81. The predicted molar refractivity (Wildman–Crippen MR) is 177 cm³/mol. The van der Waals surface area contributed by atoms with Crippen LogP contribution in [-0.4, -0.2) is 60.3 Å². The number of pyridine rings is 1. The number of aryl methyl sites for hydroxylation is 2. The molecule has 0 radical (unpaired) electrons. The molecule has 8 heteroatoms. The number of nitrogens with zero attached hydrogens (tertiary/aromatic N) is 3. The molecule has 3 aromatic rings. The summed E-state index contributed by atoms with van der Waals surface area (Å²) in [6.45, 7) is 9.59. The van der Waals surface area contributed by atoms with Crippen molar-refractivity contribution in [2.45, 2.75) is 96.6 Å². The summed E-state index contributed by atoms with van der Waals surface area (Å²) in [4.78, 5) is 23.7. The fourth-order valence-electron chi connectivity index (χ4n) is 8.11. The highest BCUT2D eigenvalue weighted by atomic mass is 16.7. The van der Waals surface area contributed by atoms with Gasteiger partial charge in [0, 0.05) is 53.2 Å². The summed E-state index contributed by atoms with van der Waals surface area (Å²) in [6.07, 6.45) is 6.28. The van der Waals surface area contributed by atoms with E-state index in [2.05, 4.69) is 38.9 Å². The molecular weight excluding hydrogens is 578 g/mol. The van der Waals surface area contributed by atoms with Gasteiger partial charge in [-0.2, -0.15) is 0 Å². The minimum atomic E-state index is -0.795. The lowest BCUT2D eigenvalue weighted by molar-refractivity contribution is -0.123. The van der Waals surface area contributed by atoms with Crippen LogP contribution in [0.3, 0.4) is 0 Å². The number of benzene rings is 2. The normalized spacial score (nSPS) is 24.3. The van der Waals surface area contributed by atoms with Crippen molar-refractivity contribution in [3.05, 3.63) is 75.5 Å². The van der Waals surface area contributed by atoms with Crippen molar-refractivity contribution in [1.82, 2.24) is 14.8 Å². The first-order valence-corrected chi connectivity index (χ1v) is 16.8. The molecule has 0 N–H and O–H groups in total. The van der Waals surface area contributed by atoms with E-state index >= 15 is 0 Å². The van der Waals surface area contributed by atoms with Gasteiger partial charge in [0.2, 0.25) is 11.6 Å². The predicted octanol–water partition coefficient (Wildman–Crippen LogP) is 6.89. The van der Waals surface area contributed by atoms with Crippen LogP contribution in [0.2, 0.25) is 0 Å². The number of carbonyl (C=O) groups is 1. The number of carbonyl (C=O) groups excluding carboxylic acids is 1. The Balaban J connectivity index is 1.21. The number of hydrogen-bond acceptors (Lipinski definition) is 7. The first-order chi connectivity index (χ1) is 22.0. The van der Waals surface area contributed by atoms with Crippen LogP contribution < -0.4 is 18.9 Å². The third-order valence-corrected chi connectivity index (χ3v) is 11.0. The summed E-state index contributed by atoms with van der Waals surface area (Å²) < 4.78 is 26.0. The van der Waals surface area contributed by atoms with Crippen LogP contribution >= 0.6 is 0 Å². The van der Waals surface area contributed by atoms with Crippen LogP contribution in [0, 0.1) is 26.7 Å². The van der Waals surface area contributed by atoms with E-state index < -0.39 is 5.79 Å². The van der Waals surface area contributed by atoms with E-state index in [-0.39, 0.29) is 17.2 Å². The Labute approximate surface area is 273 Å². The minimum Gasteiger partial charge on any atom is -0.492 e. The minimum absolute atomic E-state index is 0.0104. The molecule has 1 unspecified atom stereocenters. The second-order valence-corrected chi connectivity index (χ2v) is 14.3. The number of amides is 1. The Morgan fingerprint density at radius 1 is 1.02 bits per heavy atom. The van der Waals surface area contributed by atoms with Gasteiger partial charge in [-0.25, -0.2) is 4.98 Å². The van der Waals surface area contributed by atoms with Gasteiger partial charge in [-0.1, -0.05) is 30.3 Å². The van der Waals surface area contributed by atoms with E-state index in [1.54, 1.807) is 7.11 Å². The monoisotopic (exact) mass is 625 g/mol. The van der Waals surface area contributed by atoms with Crippen molar-refractivity contribution >= 4 is 5.91 Å². The maximum Gasteiger partial charge on any atom is 0.255 e. The topological polar surface area (TPSA) is 73.4 Å². The third kappa shape index (κ3) is 5.19. The van der Waals surface area contributed by atoms with Crippen LogP contribution in [-0.2, 0) is 18.6 Å². The van der Waals surface area contributed by atoms with Crippen molar-refractivity contribution in [3.63, 3.8) is 0 Å². The molecule has 0 bridgehead atoms. The zero-order valence-corrected chi connectivity index (χ0v) is 28.4. The van der Waals surface area contributed by atoms with Gasteiger partial charge in [0.15, 0.2) is 11.5 Å². The van der Waals surface area contributed by atoms with Gasteiger partial charge >= 0.3 is 0 Å². The Hall–Kier alpha value is -3.78. The summed E-state index contributed by atoms with van der Waals surface area (Å²) in [7, 11) is 6.01. The molecule has 244 valence electrons. The standard InChI is InChI=1S/C38H47N3O5/c1-23-19-24(2)39-35(44-21-26-11-9-8-10-12-26)29(23)20-41-22-38(17-18-38)31-30(36(41)42)25(3)32-34(33(31)43-7)46-37(4,45-32)27-13-15-28(16-14-27)40(5)6/h8-12,19,27-28H,13-18,20-22H2,1-7H3/t27-,28-,37?. The van der Waals surface area contributed by atoms with Crippen LogP contribution in [0.25, 0.3) is 0 Å². The largest absolute Gasteiger partial charge is 0.492 e. The Kier molecular flexibility index (Phi) is 7.70. The van der Waals surface area contributed by atoms with E-state index in [1.807, 2.05) is 49.1 Å². The molecule has 2 aromatic carbocycles. The van der Waals surface area contributed by atoms with Crippen LogP contribution in [0.4, 0.5) is 0 Å². The summed E-state index contributed by atoms with van der Waals surface area (Å²) in [6, 6.07) is 12.8. The zero-order valence-electron chi connectivity index (χ0n) is 28.4. The molecule has 1 atom stereocenters. The van der Waals surface area contributed by atoms with E-state index in [4.69, 9.17) is 23.9 Å². The molecule has 7 rings (SSSR count). The molecule has 2 aliphatic heterocycles. The van der Waals surface area contributed by atoms with Crippen molar-refractivity contribution < 1.29 is 23.7 Å². The molecular formula is C38H47N3O5. The third-order valence-electron chi connectivity index (χ3n) is 11.0. The molecule has 3 heterocycles. The highest BCUT2D eigenvalue weighted by Crippen LogP contribution is 2.63. The van der Waals surface area contributed by atoms with E-state index in [9.17, 15) is 4.79 Å². The lowest BCUT2D eigenvalue weighted by Crippen LogP contribution is -2.46. The molecule has 1 aromatic heterocycles. The molecule has 4 aliphatic rings. The first kappa shape index (κ1) is 30.9. The molecule has 2 aliphatic carbocycles. The Morgan fingerprint density at radius 2 is 1.72 bits per heavy atom. The summed E-state index contributed by atoms with van der Waals surface area (Å²) in [5.41, 5.74) is 6.35. The molecule has 1 spiro atoms. The summed E-state index contributed by atoms with van der Waals surface area (Å²) in [5, 5.41) is 0. The van der Waals surface area contributed by atoms with Gasteiger partial charge < -0.3 is 28.7 Å². The summed E-state index contributed by atoms with van der Waals surface area (Å²) >= 11 is 0. The van der Waals surface area contributed by atoms with E-state index in [0.29, 0.717) is 54.4 Å². The highest BCUT2D eigenvalue weighted by Gasteiger charge is 2.57. The highest BCUT2D eigenvalue weighted by molar-refractivity contribution is 6.02. The fraction of sp³-hybridized carbons (Fsp3) is 0.526. The SMILES string of the molecule is COc1c2c(c(C)c3c1C1(CC1)CN(Cc1c(C)cc(C)nc1OCc1ccccc1)C3=O)OC(C)([C@H]1CC[C@H](N(C)C)CC1)O2. The average Bonchev–Trinajstić information content (AvgIpc) is 3.71. The van der Waals surface area contributed by atoms with Gasteiger partial charge in [-0.15, -0.1) is 0 Å². The maximum atomic E-state index is 14.6. The number of ether oxygens (including phenoxy) is 4. The number of methoxy groups -OCH3 is 1. The number of fused-ring (bicyclic) bond motifs is 3. The summed E-state index contributed by atoms with van der Waals surface area (Å²) in [5.74, 6) is 2.03. The first-order valence-electron chi connectivity index (χ1n) is 16.8. The van der Waals surface area contributed by atoms with Gasteiger partial charge in [0.25, 0.3) is 11.7 Å². The average molecular weight is 626 g/mol. The van der Waals surface area contributed by atoms with E-state index in [1.165, 1.54) is 0 Å². The van der Waals surface area contributed by atoms with Crippen molar-refractivity contribution in [2.24, 2.45) is 5.92 Å². The molecule has 2 fully saturated rings. The van der Waals surface area contributed by atoms with Crippen molar-refractivity contribution in [2.75, 3.05) is 27.7 Å². The molecule has 8 nitrogen and oxygen atoms in total. The van der Waals surface area contributed by atoms with Crippen LogP contribution in [0.15, 0.2) is 36.4 Å². The lowest BCUT2D eigenvalue weighted by Gasteiger charge is -2.39. The second kappa shape index (κ2) is 11.5. The number of hydrogen-bond donors (Lipinski definition) is 0. The molecule has 46 heavy (non-hydrogen) atoms. The molecule has 1 amide bonds. The van der Waals surface area contributed by atoms with Gasteiger partial charge in [-0.3, -0.25) is 4.79 Å². The zero-order chi connectivity index (χ0) is 32.4. The van der Waals surface area contributed by atoms with Gasteiger partial charge in [0.1, 0.15) is 6.61 Å². The Morgan fingerprint density at radius 3 is 2.37 bits per heavy atom. The quantitative estimate of drug-likeness (QED) is 0.270. The van der Waals surface area contributed by atoms with Gasteiger partial charge in [0.05, 0.1) is 19.2 Å². The van der Waals surface area contributed by atoms with Crippen molar-refractivity contribution in [1.29, 1.82) is 0 Å². The Bertz CT molecular complexity index is 1660. The molecule has 2 saturated carbocycles. The van der Waals surface area contributed by atoms with Crippen LogP contribution in [0.1, 0.15) is 89.3 Å². The number of aromatic nitrogens is 1. The fourth-order valence-corrected chi connectivity index (χ4v) is 8.11. The number of rotatable bonds is 8. The van der Waals surface area contributed by atoms with E-state index in [0.717, 1.165) is 72.0 Å². The van der Waals surface area contributed by atoms with Gasteiger partial charge in [-0.05, 0) is 90.6 Å². The smallest absolute Gasteiger partial charge is 0.255 e. The van der Waals surface area contributed by atoms with Crippen molar-refractivity contribution in [3.8, 4) is 23.1 Å². The second-order valence-electron chi connectivity index (χ2n) is 14.3. The maximum absolute atomic E-state index is 14.6. The molecule has 0 saturated heterocycles.